The van der Waals surface area contributed by atoms with E-state index in [0.29, 0.717) is 12.8 Å². The maximum absolute atomic E-state index is 13.9. The Balaban J connectivity index is 0.999. The van der Waals surface area contributed by atoms with E-state index in [-0.39, 0.29) is 26.1 Å². The van der Waals surface area contributed by atoms with Gasteiger partial charge in [0.25, 0.3) is 5.91 Å². The summed E-state index contributed by atoms with van der Waals surface area (Å²) in [6.07, 6.45) is -34.7. The molecule has 6 aliphatic rings. The maximum Gasteiger partial charge on any atom is 0.328 e. The number of aliphatic hydroxyl groups is 23. The molecule has 6 rings (SSSR count). The first kappa shape index (κ1) is 110. The van der Waals surface area contributed by atoms with Crippen molar-refractivity contribution in [2.75, 3.05) is 59.5 Å². The molecule has 41 heteroatoms. The normalized spacial score (nSPS) is 35.5. The van der Waals surface area contributed by atoms with Crippen LogP contribution in [0.4, 0.5) is 0 Å². The first-order valence-corrected chi connectivity index (χ1v) is 45.2. The third kappa shape index (κ3) is 33.6. The van der Waals surface area contributed by atoms with Gasteiger partial charge in [-0.05, 0) is 19.3 Å². The molecule has 124 heavy (non-hydrogen) atoms. The van der Waals surface area contributed by atoms with Gasteiger partial charge in [-0.15, -0.1) is 0 Å². The van der Waals surface area contributed by atoms with E-state index in [1.54, 1.807) is 0 Å². The van der Waals surface area contributed by atoms with E-state index in [4.69, 9.17) is 66.3 Å². The summed E-state index contributed by atoms with van der Waals surface area (Å²) in [6.45, 7) is -3.04. The van der Waals surface area contributed by atoms with E-state index >= 15 is 0 Å². The van der Waals surface area contributed by atoms with Crippen molar-refractivity contribution in [2.45, 2.75) is 447 Å². The van der Waals surface area contributed by atoms with Crippen LogP contribution in [0.1, 0.15) is 232 Å². The van der Waals surface area contributed by atoms with Gasteiger partial charge >= 0.3 is 11.9 Å². The third-order valence-electron chi connectivity index (χ3n) is 23.9. The van der Waals surface area contributed by atoms with Gasteiger partial charge in [0.2, 0.25) is 0 Å². The van der Waals surface area contributed by atoms with Crippen LogP contribution in [0.2, 0.25) is 0 Å². The SMILES string of the molecule is CCCCCCCCCCCCCCCCCCOC(=O)CC[C@H](NC(=O)[C@H](O)[C@@H](O)[C@H](O[C@H]1O[C@H](CO)[C@@H](O[C@H]2O[C@H](CO)[C@@H](O[C@H]3O[C@H](CO)[C@@H](O[C@H]4O[C@H](CO)[C@@H](O[C@H]5O[C@H](CO)[C@@H](O[C@H]6O[C@H](CO)[C@@H](O)[C@H](O)[C@H]6O)[C@H](O)[C@H]5O)[C@H](O)[C@H]4O)[C@H](O)[C@H]3O)[C@H](O)[C@H]2O)[C@H](O)[C@H]1O)[C@H](O)CO)C(=O)OCCCCCCCCCCCCCCCCCC. The van der Waals surface area contributed by atoms with Gasteiger partial charge in [-0.1, -0.05) is 206 Å². The van der Waals surface area contributed by atoms with Gasteiger partial charge < -0.3 is 189 Å². The molecule has 0 aliphatic carbocycles. The molecular formula is C83H151NO40. The smallest absolute Gasteiger partial charge is 0.328 e. The van der Waals surface area contributed by atoms with Crippen molar-refractivity contribution in [3.05, 3.63) is 0 Å². The molecule has 0 radical (unpaired) electrons. The zero-order valence-corrected chi connectivity index (χ0v) is 71.8. The van der Waals surface area contributed by atoms with E-state index in [1.165, 1.54) is 135 Å². The fourth-order valence-corrected chi connectivity index (χ4v) is 16.2. The summed E-state index contributed by atoms with van der Waals surface area (Å²) in [4.78, 5) is 40.7. The highest BCUT2D eigenvalue weighted by atomic mass is 16.8. The summed E-state index contributed by atoms with van der Waals surface area (Å²) < 4.78 is 79.0. The quantitative estimate of drug-likeness (QED) is 0.0205. The minimum Gasteiger partial charge on any atom is -0.466 e. The van der Waals surface area contributed by atoms with E-state index < -0.39 is 279 Å². The number of amides is 1. The minimum atomic E-state index is -2.62. The number of hydrogen-bond acceptors (Lipinski definition) is 40. The summed E-state index contributed by atoms with van der Waals surface area (Å²) in [6, 6.07) is -1.60. The van der Waals surface area contributed by atoms with Gasteiger partial charge in [0.1, 0.15) is 171 Å². The fourth-order valence-electron chi connectivity index (χ4n) is 16.2. The van der Waals surface area contributed by atoms with Crippen LogP contribution >= 0.6 is 0 Å². The number of rotatable bonds is 62. The Labute approximate surface area is 725 Å². The average molecular weight is 1800 g/mol. The minimum absolute atomic E-state index is 0.0462. The van der Waals surface area contributed by atoms with Crippen LogP contribution in [-0.2, 0) is 80.7 Å². The van der Waals surface area contributed by atoms with Gasteiger partial charge in [-0.25, -0.2) is 4.79 Å². The fraction of sp³-hybridized carbons (Fsp3) is 0.964. The van der Waals surface area contributed by atoms with E-state index in [1.807, 2.05) is 0 Å². The second-order valence-electron chi connectivity index (χ2n) is 33.6. The predicted molar refractivity (Wildman–Crippen MR) is 429 cm³/mol. The van der Waals surface area contributed by atoms with Crippen LogP contribution in [0.3, 0.4) is 0 Å². The van der Waals surface area contributed by atoms with Crippen LogP contribution in [0.5, 0.6) is 0 Å². The van der Waals surface area contributed by atoms with Crippen LogP contribution in [-0.4, -0.2) is 409 Å². The monoisotopic (exact) mass is 1800 g/mol. The number of ether oxygens (including phenoxy) is 14. The van der Waals surface area contributed by atoms with Crippen molar-refractivity contribution < 1.29 is 198 Å². The molecule has 1 amide bonds. The summed E-state index contributed by atoms with van der Waals surface area (Å²) >= 11 is 0. The lowest BCUT2D eigenvalue weighted by atomic mass is 9.95. The molecule has 35 atom stereocenters. The Bertz CT molecular complexity index is 2810. The highest BCUT2D eigenvalue weighted by Gasteiger charge is 2.58. The summed E-state index contributed by atoms with van der Waals surface area (Å²) in [5, 5.41) is 253. The van der Waals surface area contributed by atoms with Gasteiger partial charge in [0.15, 0.2) is 43.8 Å². The summed E-state index contributed by atoms with van der Waals surface area (Å²) in [5.41, 5.74) is 0. The molecule has 0 aromatic carbocycles. The molecule has 0 bridgehead atoms. The molecule has 6 heterocycles. The molecule has 0 unspecified atom stereocenters. The number of nitrogens with one attached hydrogen (secondary N) is 1. The van der Waals surface area contributed by atoms with Gasteiger partial charge in [0.05, 0.1) is 59.5 Å². The Morgan fingerprint density at radius 1 is 0.315 bits per heavy atom. The number of hydrogen-bond donors (Lipinski definition) is 24. The predicted octanol–water partition coefficient (Wildman–Crippen LogP) is -3.76. The summed E-state index contributed by atoms with van der Waals surface area (Å²) in [5.74, 6) is -3.11. The summed E-state index contributed by atoms with van der Waals surface area (Å²) in [7, 11) is 0. The number of unbranched alkanes of at least 4 members (excludes halogenated alkanes) is 30. The largest absolute Gasteiger partial charge is 0.466 e. The average Bonchev–Trinajstić information content (AvgIpc) is 0.767. The van der Waals surface area contributed by atoms with Crippen LogP contribution < -0.4 is 5.32 Å². The first-order chi connectivity index (χ1) is 59.6. The Kier molecular flexibility index (Phi) is 52.7. The number of carbonyl (C=O) groups excluding carboxylic acids is 3. The van der Waals surface area contributed by atoms with Crippen molar-refractivity contribution >= 4 is 17.8 Å². The lowest BCUT2D eigenvalue weighted by Crippen LogP contribution is -2.68. The van der Waals surface area contributed by atoms with Gasteiger partial charge in [0, 0.05) is 6.42 Å². The van der Waals surface area contributed by atoms with Crippen LogP contribution in [0.15, 0.2) is 0 Å². The van der Waals surface area contributed by atoms with E-state index in [0.717, 1.165) is 57.8 Å². The zero-order valence-electron chi connectivity index (χ0n) is 71.8. The highest BCUT2D eigenvalue weighted by Crippen LogP contribution is 2.38. The molecule has 41 nitrogen and oxygen atoms in total. The molecule has 6 aliphatic heterocycles. The Hall–Kier alpha value is -2.99. The highest BCUT2D eigenvalue weighted by molar-refractivity contribution is 5.87. The molecule has 0 aromatic rings. The molecule has 0 saturated carbocycles. The Morgan fingerprint density at radius 2 is 0.573 bits per heavy atom. The van der Waals surface area contributed by atoms with E-state index in [9.17, 15) is 132 Å². The van der Waals surface area contributed by atoms with Crippen molar-refractivity contribution in [3.63, 3.8) is 0 Å². The van der Waals surface area contributed by atoms with Crippen molar-refractivity contribution in [3.8, 4) is 0 Å². The van der Waals surface area contributed by atoms with Gasteiger partial charge in [-0.2, -0.15) is 0 Å². The lowest BCUT2D eigenvalue weighted by Gasteiger charge is -2.50. The Morgan fingerprint density at radius 3 is 0.863 bits per heavy atom. The molecule has 728 valence electrons. The first-order valence-electron chi connectivity index (χ1n) is 45.2. The molecule has 24 N–H and O–H groups in total. The van der Waals surface area contributed by atoms with Crippen LogP contribution in [0.25, 0.3) is 0 Å². The van der Waals surface area contributed by atoms with Crippen molar-refractivity contribution in [1.82, 2.24) is 5.32 Å². The zero-order chi connectivity index (χ0) is 91.0. The molecule has 0 aromatic heterocycles. The van der Waals surface area contributed by atoms with Gasteiger partial charge in [-0.3, -0.25) is 9.59 Å². The molecule has 6 saturated heterocycles. The second kappa shape index (κ2) is 59.5. The third-order valence-corrected chi connectivity index (χ3v) is 23.9. The molecular weight excluding hydrogens is 1650 g/mol. The number of aliphatic hydroxyl groups excluding tert-OH is 23. The topological polar surface area (TPSA) is 658 Å². The maximum atomic E-state index is 13.9. The van der Waals surface area contributed by atoms with Crippen molar-refractivity contribution in [1.29, 1.82) is 0 Å². The van der Waals surface area contributed by atoms with Crippen molar-refractivity contribution in [2.24, 2.45) is 0 Å². The lowest BCUT2D eigenvalue weighted by molar-refractivity contribution is -0.397. The number of esters is 2. The second-order valence-corrected chi connectivity index (χ2v) is 33.6. The number of carbonyl (C=O) groups is 3. The molecule has 0 spiro atoms. The van der Waals surface area contributed by atoms with E-state index in [2.05, 4.69) is 19.2 Å². The molecule has 6 fully saturated rings. The standard InChI is InChI=1S/C83H151NO40/c1-3-5-7-9-11-13-15-17-19-21-23-25-27-29-31-33-37-111-54(93)36-35-46(77(110)112-38-34-32-30-28-26-24-22-20-18-16-14-12-10-8-6-4-2)84-76(109)63(102)57(96)70(47(92)39-85)119-79-65(104)58(97)72(49(41-87)114-79)121-81-67(106)60(99)74(51(43-89)116-81)123-83-69(108)62(101)75(53(45-91)118-83)124-82-68(107)61(100)73(52(44-90)117-82)122-80-66(105)59(98)71(50(42-88)115-80)120-78-64(103)56(95)55(94)48(40-86)113-78/h46-53,55-75,78-83,85-92,94-108H,3-45H2,1-2H3,(H,84,109)/t46-,47+,48+,49+,50+,51+,52+,53+,55+,56-,57+,58+,59+,60+,61+,62+,63+,64+,65+,66+,67+,68+,69+,70+,71+,72+,73+,74+,75+,78+,79+,80+,81+,82+,83+/m0/s1. The van der Waals surface area contributed by atoms with Crippen LogP contribution in [0, 0.1) is 0 Å².